The minimum absolute atomic E-state index is 0.0102. The molecule has 2 amide bonds. The Kier molecular flexibility index (Phi) is 6.08. The molecule has 8 heteroatoms. The lowest BCUT2D eigenvalue weighted by Crippen LogP contribution is -3.12. The molecule has 0 radical (unpaired) electrons. The largest absolute Gasteiger partial charge is 0.497 e. The molecular weight excluding hydrogens is 364 g/mol. The van der Waals surface area contributed by atoms with Crippen molar-refractivity contribution in [3.05, 3.63) is 35.3 Å². The summed E-state index contributed by atoms with van der Waals surface area (Å²) in [6.45, 7) is 3.45. The van der Waals surface area contributed by atoms with Crippen LogP contribution in [0.25, 0.3) is 10.6 Å². The highest BCUT2D eigenvalue weighted by Crippen LogP contribution is 2.26. The first-order valence-corrected chi connectivity index (χ1v) is 9.80. The van der Waals surface area contributed by atoms with Crippen LogP contribution in [0.5, 0.6) is 5.75 Å². The van der Waals surface area contributed by atoms with Crippen molar-refractivity contribution >= 4 is 23.2 Å². The number of aromatic nitrogens is 1. The number of nitrogens with one attached hydrogen (secondary N) is 1. The van der Waals surface area contributed by atoms with E-state index in [0.717, 1.165) is 42.5 Å². The van der Waals surface area contributed by atoms with Crippen LogP contribution in [0.1, 0.15) is 10.5 Å². The van der Waals surface area contributed by atoms with Gasteiger partial charge in [-0.25, -0.2) is 4.98 Å². The molecule has 1 fully saturated rings. The third-order valence-corrected chi connectivity index (χ3v) is 5.64. The minimum atomic E-state index is -0.237. The maximum Gasteiger partial charge on any atom is 0.273 e. The predicted molar refractivity (Wildman–Crippen MR) is 104 cm³/mol. The van der Waals surface area contributed by atoms with Crippen LogP contribution in [-0.2, 0) is 4.79 Å². The number of ether oxygens (including phenoxy) is 1. The molecule has 144 valence electrons. The molecule has 0 bridgehead atoms. The molecule has 0 spiro atoms. The van der Waals surface area contributed by atoms with Gasteiger partial charge in [-0.3, -0.25) is 9.59 Å². The maximum atomic E-state index is 12.6. The second kappa shape index (κ2) is 8.49. The SMILES string of the molecule is COc1ccc(-c2nc(C(=O)N(C)CC(=O)N3CC[NH+](C)CC3)cs2)cc1. The number of rotatable bonds is 5. The second-order valence-electron chi connectivity index (χ2n) is 6.77. The van der Waals surface area contributed by atoms with E-state index in [1.54, 1.807) is 19.5 Å². The number of methoxy groups -OCH3 is 1. The number of hydrogen-bond donors (Lipinski definition) is 1. The molecule has 1 N–H and O–H groups in total. The van der Waals surface area contributed by atoms with Gasteiger partial charge in [-0.2, -0.15) is 0 Å². The molecule has 0 aliphatic carbocycles. The Morgan fingerprint density at radius 3 is 2.56 bits per heavy atom. The Morgan fingerprint density at radius 2 is 1.93 bits per heavy atom. The highest BCUT2D eigenvalue weighted by Gasteiger charge is 2.24. The van der Waals surface area contributed by atoms with Crippen LogP contribution in [0, 0.1) is 0 Å². The fraction of sp³-hybridized carbons (Fsp3) is 0.421. The van der Waals surface area contributed by atoms with Gasteiger partial charge in [0.25, 0.3) is 5.91 Å². The molecule has 1 aliphatic heterocycles. The van der Waals surface area contributed by atoms with Gasteiger partial charge < -0.3 is 19.4 Å². The fourth-order valence-corrected chi connectivity index (χ4v) is 3.75. The summed E-state index contributed by atoms with van der Waals surface area (Å²) in [6.07, 6.45) is 0. The Hall–Kier alpha value is -2.45. The third kappa shape index (κ3) is 4.64. The molecule has 1 saturated heterocycles. The summed E-state index contributed by atoms with van der Waals surface area (Å²) in [7, 11) is 5.39. The molecule has 1 aromatic heterocycles. The third-order valence-electron chi connectivity index (χ3n) is 4.75. The normalized spacial score (nSPS) is 14.9. The minimum Gasteiger partial charge on any atom is -0.497 e. The number of piperazine rings is 1. The topological polar surface area (TPSA) is 67.2 Å². The summed E-state index contributed by atoms with van der Waals surface area (Å²) < 4.78 is 5.16. The maximum absolute atomic E-state index is 12.6. The lowest BCUT2D eigenvalue weighted by molar-refractivity contribution is -0.883. The first-order chi connectivity index (χ1) is 13.0. The van der Waals surface area contributed by atoms with E-state index in [-0.39, 0.29) is 18.4 Å². The zero-order valence-electron chi connectivity index (χ0n) is 15.9. The van der Waals surface area contributed by atoms with Crippen molar-refractivity contribution in [2.45, 2.75) is 0 Å². The van der Waals surface area contributed by atoms with Crippen LogP contribution in [0.3, 0.4) is 0 Å². The molecule has 0 unspecified atom stereocenters. The fourth-order valence-electron chi connectivity index (χ4n) is 2.95. The number of hydrogen-bond acceptors (Lipinski definition) is 5. The standard InChI is InChI=1S/C19H24N4O3S/c1-21-8-10-23(11-9-21)17(24)12-22(2)19(25)16-13-27-18(20-16)14-4-6-15(26-3)7-5-14/h4-7,13H,8-12H2,1-3H3/p+1. The van der Waals surface area contributed by atoms with Crippen molar-refractivity contribution < 1.29 is 19.2 Å². The van der Waals surface area contributed by atoms with Gasteiger partial charge in [-0.1, -0.05) is 0 Å². The van der Waals surface area contributed by atoms with Crippen molar-refractivity contribution in [1.82, 2.24) is 14.8 Å². The molecule has 2 heterocycles. The van der Waals surface area contributed by atoms with E-state index in [0.29, 0.717) is 5.69 Å². The zero-order chi connectivity index (χ0) is 19.4. The van der Waals surface area contributed by atoms with Gasteiger partial charge in [-0.05, 0) is 24.3 Å². The van der Waals surface area contributed by atoms with Gasteiger partial charge in [0.1, 0.15) is 16.5 Å². The molecule has 7 nitrogen and oxygen atoms in total. The van der Waals surface area contributed by atoms with Crippen LogP contribution in [0.4, 0.5) is 0 Å². The molecule has 2 aromatic rings. The number of nitrogens with zero attached hydrogens (tertiary/aromatic N) is 3. The molecule has 1 aromatic carbocycles. The van der Waals surface area contributed by atoms with Crippen LogP contribution < -0.4 is 9.64 Å². The van der Waals surface area contributed by atoms with Gasteiger partial charge in [-0.15, -0.1) is 11.3 Å². The Balaban J connectivity index is 1.61. The molecule has 3 rings (SSSR count). The highest BCUT2D eigenvalue weighted by atomic mass is 32.1. The van der Waals surface area contributed by atoms with E-state index in [4.69, 9.17) is 4.74 Å². The first-order valence-electron chi connectivity index (χ1n) is 8.92. The molecular formula is C19H25N4O3S+. The van der Waals surface area contributed by atoms with Gasteiger partial charge in [0.15, 0.2) is 0 Å². The summed E-state index contributed by atoms with van der Waals surface area (Å²) >= 11 is 1.41. The van der Waals surface area contributed by atoms with Gasteiger partial charge in [0, 0.05) is 18.0 Å². The van der Waals surface area contributed by atoms with Crippen LogP contribution in [-0.4, -0.2) is 80.5 Å². The van der Waals surface area contributed by atoms with Crippen LogP contribution in [0.2, 0.25) is 0 Å². The molecule has 0 saturated carbocycles. The average molecular weight is 390 g/mol. The summed E-state index contributed by atoms with van der Waals surface area (Å²) in [5.41, 5.74) is 1.29. The zero-order valence-corrected chi connectivity index (χ0v) is 16.7. The quantitative estimate of drug-likeness (QED) is 0.796. The van der Waals surface area contributed by atoms with E-state index in [2.05, 4.69) is 12.0 Å². The lowest BCUT2D eigenvalue weighted by atomic mass is 10.2. The predicted octanol–water partition coefficient (Wildman–Crippen LogP) is 0.248. The van der Waals surface area contributed by atoms with Crippen molar-refractivity contribution in [2.75, 3.05) is 53.9 Å². The monoisotopic (exact) mass is 389 g/mol. The van der Waals surface area contributed by atoms with E-state index in [9.17, 15) is 9.59 Å². The number of carbonyl (C=O) groups excluding carboxylic acids is 2. The smallest absolute Gasteiger partial charge is 0.273 e. The van der Waals surface area contributed by atoms with Gasteiger partial charge in [0.2, 0.25) is 5.91 Å². The van der Waals surface area contributed by atoms with Crippen molar-refractivity contribution in [2.24, 2.45) is 0 Å². The van der Waals surface area contributed by atoms with Gasteiger partial charge in [0.05, 0.1) is 46.9 Å². The van der Waals surface area contributed by atoms with Crippen LogP contribution in [0.15, 0.2) is 29.6 Å². The summed E-state index contributed by atoms with van der Waals surface area (Å²) in [5.74, 6) is 0.526. The van der Waals surface area contributed by atoms with E-state index in [1.807, 2.05) is 29.2 Å². The van der Waals surface area contributed by atoms with Crippen molar-refractivity contribution in [3.63, 3.8) is 0 Å². The number of likely N-dealkylation sites (N-methyl/N-ethyl adjacent to an activating group) is 2. The second-order valence-corrected chi connectivity index (χ2v) is 7.62. The number of thiazole rings is 1. The van der Waals surface area contributed by atoms with Crippen LogP contribution >= 0.6 is 11.3 Å². The number of carbonyl (C=O) groups is 2. The molecule has 0 atom stereocenters. The summed E-state index contributed by atoms with van der Waals surface area (Å²) in [4.78, 5) is 34.2. The van der Waals surface area contributed by atoms with E-state index >= 15 is 0 Å². The first kappa shape index (κ1) is 19.3. The van der Waals surface area contributed by atoms with E-state index < -0.39 is 0 Å². The van der Waals surface area contributed by atoms with Crippen molar-refractivity contribution in [3.8, 4) is 16.3 Å². The van der Waals surface area contributed by atoms with E-state index in [1.165, 1.54) is 21.1 Å². The Labute approximate surface area is 163 Å². The Morgan fingerprint density at radius 1 is 1.26 bits per heavy atom. The lowest BCUT2D eigenvalue weighted by Gasteiger charge is -2.31. The summed E-state index contributed by atoms with van der Waals surface area (Å²) in [6, 6.07) is 7.55. The number of benzene rings is 1. The number of amides is 2. The average Bonchev–Trinajstić information content (AvgIpc) is 3.18. The number of quaternary nitrogens is 1. The molecule has 27 heavy (non-hydrogen) atoms. The molecule has 1 aliphatic rings. The van der Waals surface area contributed by atoms with Crippen molar-refractivity contribution in [1.29, 1.82) is 0 Å². The highest BCUT2D eigenvalue weighted by molar-refractivity contribution is 7.13. The van der Waals surface area contributed by atoms with Gasteiger partial charge >= 0.3 is 0 Å². The Bertz CT molecular complexity index is 798. The summed E-state index contributed by atoms with van der Waals surface area (Å²) in [5, 5.41) is 2.50.